The van der Waals surface area contributed by atoms with Gasteiger partial charge in [0.1, 0.15) is 5.78 Å². The Morgan fingerprint density at radius 2 is 1.86 bits per heavy atom. The van der Waals surface area contributed by atoms with Gasteiger partial charge < -0.3 is 0 Å². The molecule has 1 N–H and O–H groups in total. The summed E-state index contributed by atoms with van der Waals surface area (Å²) in [4.78, 5) is 24.5. The lowest BCUT2D eigenvalue weighted by atomic mass is 10.1. The van der Waals surface area contributed by atoms with Crippen LogP contribution >= 0.6 is 11.8 Å². The fraction of sp³-hybridized carbons (Fsp3) is 0.200. The van der Waals surface area contributed by atoms with E-state index >= 15 is 0 Å². The number of nitrogens with one attached hydrogen (secondary N) is 1. The molecular formula is C10H10ClNO2. The minimum absolute atomic E-state index is 0.0480. The van der Waals surface area contributed by atoms with Gasteiger partial charge in [0.15, 0.2) is 5.78 Å². The van der Waals surface area contributed by atoms with Crippen LogP contribution in [0, 0.1) is 0 Å². The third kappa shape index (κ3) is 2.85. The van der Waals surface area contributed by atoms with E-state index in [0.29, 0.717) is 11.3 Å². The second-order valence-corrected chi connectivity index (χ2v) is 3.16. The van der Waals surface area contributed by atoms with Gasteiger partial charge in [-0.1, -0.05) is 0 Å². The maximum atomic E-state index is 11.4. The molecule has 14 heavy (non-hydrogen) atoms. The van der Waals surface area contributed by atoms with Crippen LogP contribution in [0.15, 0.2) is 24.3 Å². The summed E-state index contributed by atoms with van der Waals surface area (Å²) in [5.74, 6) is -0.298. The van der Waals surface area contributed by atoms with Crippen LogP contribution in [0.1, 0.15) is 23.7 Å². The molecule has 0 atom stereocenters. The van der Waals surface area contributed by atoms with Gasteiger partial charge in [0.25, 0.3) is 0 Å². The van der Waals surface area contributed by atoms with Crippen molar-refractivity contribution in [1.82, 2.24) is 0 Å². The highest BCUT2D eigenvalue weighted by Gasteiger charge is 2.07. The zero-order valence-electron chi connectivity index (χ0n) is 7.71. The number of carbonyl (C=O) groups is 2. The van der Waals surface area contributed by atoms with E-state index in [1.54, 1.807) is 24.3 Å². The molecule has 0 amide bonds. The standard InChI is InChI=1S/C10H10ClNO2/c1-7(13)6-10(14)8-2-4-9(12-11)5-3-8/h2-5,12H,6H2,1H3. The Morgan fingerprint density at radius 3 is 2.29 bits per heavy atom. The third-order valence-electron chi connectivity index (χ3n) is 1.73. The highest BCUT2D eigenvalue weighted by atomic mass is 35.5. The Labute approximate surface area is 87.2 Å². The lowest BCUT2D eigenvalue weighted by Gasteiger charge is -2.00. The van der Waals surface area contributed by atoms with Crippen molar-refractivity contribution in [3.8, 4) is 0 Å². The minimum Gasteiger partial charge on any atom is -0.300 e. The molecule has 0 spiro atoms. The van der Waals surface area contributed by atoms with Gasteiger partial charge in [-0.05, 0) is 31.2 Å². The molecule has 0 unspecified atom stereocenters. The Balaban J connectivity index is 2.76. The molecule has 1 rings (SSSR count). The van der Waals surface area contributed by atoms with Crippen LogP contribution in [0.3, 0.4) is 0 Å². The number of hydrogen-bond acceptors (Lipinski definition) is 3. The first kappa shape index (κ1) is 10.7. The lowest BCUT2D eigenvalue weighted by molar-refractivity contribution is -0.116. The number of ketones is 2. The summed E-state index contributed by atoms with van der Waals surface area (Å²) in [5, 5.41) is 0. The van der Waals surface area contributed by atoms with E-state index in [1.807, 2.05) is 0 Å². The molecule has 0 aliphatic heterocycles. The first-order chi connectivity index (χ1) is 6.63. The second-order valence-electron chi connectivity index (χ2n) is 2.97. The Bertz CT molecular complexity index is 346. The Kier molecular flexibility index (Phi) is 3.65. The van der Waals surface area contributed by atoms with Crippen LogP contribution in [-0.4, -0.2) is 11.6 Å². The molecule has 0 aliphatic rings. The second kappa shape index (κ2) is 4.77. The maximum absolute atomic E-state index is 11.4. The fourth-order valence-electron chi connectivity index (χ4n) is 1.05. The van der Waals surface area contributed by atoms with Gasteiger partial charge in [-0.25, -0.2) is 0 Å². The molecule has 0 saturated heterocycles. The topological polar surface area (TPSA) is 46.2 Å². The maximum Gasteiger partial charge on any atom is 0.170 e. The molecule has 4 heteroatoms. The van der Waals surface area contributed by atoms with Gasteiger partial charge in [-0.3, -0.25) is 14.4 Å². The van der Waals surface area contributed by atoms with Gasteiger partial charge in [0, 0.05) is 23.0 Å². The molecule has 0 saturated carbocycles. The molecule has 0 heterocycles. The van der Waals surface area contributed by atoms with Crippen molar-refractivity contribution in [3.63, 3.8) is 0 Å². The zero-order valence-corrected chi connectivity index (χ0v) is 8.47. The zero-order chi connectivity index (χ0) is 10.6. The number of Topliss-reactive ketones (excluding diaryl/α,β-unsaturated/α-hetero) is 2. The van der Waals surface area contributed by atoms with Crippen molar-refractivity contribution in [1.29, 1.82) is 0 Å². The van der Waals surface area contributed by atoms with Gasteiger partial charge in [-0.15, -0.1) is 0 Å². The fourth-order valence-corrected chi connectivity index (χ4v) is 1.17. The predicted molar refractivity (Wildman–Crippen MR) is 55.5 cm³/mol. The van der Waals surface area contributed by atoms with Crippen molar-refractivity contribution >= 4 is 29.0 Å². The van der Waals surface area contributed by atoms with Gasteiger partial charge >= 0.3 is 0 Å². The molecule has 0 bridgehead atoms. The number of halogens is 1. The van der Waals surface area contributed by atoms with Gasteiger partial charge in [-0.2, -0.15) is 0 Å². The van der Waals surface area contributed by atoms with E-state index in [4.69, 9.17) is 11.8 Å². The van der Waals surface area contributed by atoms with Crippen molar-refractivity contribution < 1.29 is 9.59 Å². The smallest absolute Gasteiger partial charge is 0.170 e. The number of carbonyl (C=O) groups excluding carboxylic acids is 2. The highest BCUT2D eigenvalue weighted by Crippen LogP contribution is 2.11. The van der Waals surface area contributed by atoms with Crippen LogP contribution in [0.2, 0.25) is 0 Å². The first-order valence-corrected chi connectivity index (χ1v) is 4.50. The molecule has 74 valence electrons. The van der Waals surface area contributed by atoms with Crippen LogP contribution < -0.4 is 4.84 Å². The van der Waals surface area contributed by atoms with Gasteiger partial charge in [0.05, 0.1) is 6.42 Å². The Hall–Kier alpha value is -1.35. The summed E-state index contributed by atoms with van der Waals surface area (Å²) in [7, 11) is 0. The monoisotopic (exact) mass is 211 g/mol. The van der Waals surface area contributed by atoms with Crippen LogP contribution in [-0.2, 0) is 4.79 Å². The molecule has 1 aromatic rings. The van der Waals surface area contributed by atoms with E-state index in [1.165, 1.54) is 6.92 Å². The average molecular weight is 212 g/mol. The molecular weight excluding hydrogens is 202 g/mol. The van der Waals surface area contributed by atoms with Gasteiger partial charge in [0.2, 0.25) is 0 Å². The Morgan fingerprint density at radius 1 is 1.29 bits per heavy atom. The summed E-state index contributed by atoms with van der Waals surface area (Å²) in [5.41, 5.74) is 1.24. The quantitative estimate of drug-likeness (QED) is 0.473. The van der Waals surface area contributed by atoms with Crippen molar-refractivity contribution in [2.75, 3.05) is 4.84 Å². The van der Waals surface area contributed by atoms with Crippen LogP contribution in [0.5, 0.6) is 0 Å². The molecule has 0 aliphatic carbocycles. The van der Waals surface area contributed by atoms with E-state index in [2.05, 4.69) is 4.84 Å². The highest BCUT2D eigenvalue weighted by molar-refractivity contribution is 6.24. The summed E-state index contributed by atoms with van der Waals surface area (Å²) >= 11 is 5.35. The van der Waals surface area contributed by atoms with E-state index < -0.39 is 0 Å². The minimum atomic E-state index is -0.168. The molecule has 0 aromatic heterocycles. The third-order valence-corrected chi connectivity index (χ3v) is 1.94. The number of anilines is 1. The SMILES string of the molecule is CC(=O)CC(=O)c1ccc(NCl)cc1. The van der Waals surface area contributed by atoms with Crippen LogP contribution in [0.4, 0.5) is 5.69 Å². The summed E-state index contributed by atoms with van der Waals surface area (Å²) in [6, 6.07) is 6.63. The summed E-state index contributed by atoms with van der Waals surface area (Å²) in [6.45, 7) is 1.40. The first-order valence-electron chi connectivity index (χ1n) is 4.13. The predicted octanol–water partition coefficient (Wildman–Crippen LogP) is 2.41. The average Bonchev–Trinajstić information content (AvgIpc) is 2.17. The van der Waals surface area contributed by atoms with E-state index in [0.717, 1.165) is 0 Å². The molecule has 3 nitrogen and oxygen atoms in total. The summed E-state index contributed by atoms with van der Waals surface area (Å²) < 4.78 is 0. The van der Waals surface area contributed by atoms with Crippen molar-refractivity contribution in [2.24, 2.45) is 0 Å². The van der Waals surface area contributed by atoms with E-state index in [-0.39, 0.29) is 18.0 Å². The van der Waals surface area contributed by atoms with Crippen molar-refractivity contribution in [2.45, 2.75) is 13.3 Å². The van der Waals surface area contributed by atoms with Crippen molar-refractivity contribution in [3.05, 3.63) is 29.8 Å². The van der Waals surface area contributed by atoms with E-state index in [9.17, 15) is 9.59 Å². The van der Waals surface area contributed by atoms with Crippen LogP contribution in [0.25, 0.3) is 0 Å². The number of benzene rings is 1. The lowest BCUT2D eigenvalue weighted by Crippen LogP contribution is -2.04. The molecule has 0 radical (unpaired) electrons. The summed E-state index contributed by atoms with van der Waals surface area (Å²) in [6.07, 6.45) is -0.0480. The normalized spacial score (nSPS) is 9.57. The molecule has 1 aromatic carbocycles. The largest absolute Gasteiger partial charge is 0.300 e. The number of rotatable bonds is 4. The number of hydrogen-bond donors (Lipinski definition) is 1. The molecule has 0 fully saturated rings.